The third kappa shape index (κ3) is 7.54. The zero-order valence-corrected chi connectivity index (χ0v) is 15.9. The van der Waals surface area contributed by atoms with Crippen LogP contribution < -0.4 is 0 Å². The number of carbonyl (C=O) groups is 1. The minimum Gasteiger partial charge on any atom is -0.479 e. The van der Waals surface area contributed by atoms with Crippen LogP contribution >= 0.6 is 0 Å². The van der Waals surface area contributed by atoms with Crippen LogP contribution in [-0.4, -0.2) is 40.1 Å². The van der Waals surface area contributed by atoms with E-state index in [1.807, 2.05) is 17.8 Å². The Kier molecular flexibility index (Phi) is 8.06. The second-order valence-electron chi connectivity index (χ2n) is 5.99. The van der Waals surface area contributed by atoms with Crippen LogP contribution in [0.4, 0.5) is 5.69 Å². The Balaban J connectivity index is 0.000000511. The summed E-state index contributed by atoms with van der Waals surface area (Å²) in [4.78, 5) is 24.3. The lowest BCUT2D eigenvalue weighted by Gasteiger charge is -2.15. The zero-order valence-electron chi connectivity index (χ0n) is 15.0. The van der Waals surface area contributed by atoms with Crippen LogP contribution in [0.5, 0.6) is 0 Å². The molecule has 2 rings (SSSR count). The molecule has 1 N–H and O–H groups in total. The first-order valence-electron chi connectivity index (χ1n) is 7.85. The van der Waals surface area contributed by atoms with Crippen molar-refractivity contribution < 1.29 is 27.4 Å². The van der Waals surface area contributed by atoms with E-state index in [-0.39, 0.29) is 22.9 Å². The standard InChI is InChI=1S/C12H15NO7S.C4H6N2/c1-8(2)7-11(12(14)15)20-21(18,19)10-5-3-9(4-6-10)13(16)17;1-6-3-2-5-4-6/h3-6,8,11H,7H2,1-2H3,(H,14,15);2-4H,1H3. The Labute approximate surface area is 156 Å². The summed E-state index contributed by atoms with van der Waals surface area (Å²) in [6.07, 6.45) is 3.92. The molecule has 0 spiro atoms. The number of hydrogen-bond donors (Lipinski definition) is 1. The highest BCUT2D eigenvalue weighted by molar-refractivity contribution is 7.86. The van der Waals surface area contributed by atoms with Crippen molar-refractivity contribution in [3.05, 3.63) is 53.1 Å². The number of aryl methyl sites for hydroxylation is 1. The highest BCUT2D eigenvalue weighted by Crippen LogP contribution is 2.20. The second-order valence-corrected chi connectivity index (χ2v) is 7.56. The maximum absolute atomic E-state index is 12.0. The lowest BCUT2D eigenvalue weighted by Crippen LogP contribution is -2.28. The number of benzene rings is 1. The monoisotopic (exact) mass is 399 g/mol. The maximum atomic E-state index is 12.0. The average Bonchev–Trinajstić information content (AvgIpc) is 3.05. The molecule has 1 aromatic carbocycles. The summed E-state index contributed by atoms with van der Waals surface area (Å²) in [5, 5.41) is 19.5. The number of nitrogens with zero attached hydrogens (tertiary/aromatic N) is 3. The number of nitro benzene ring substituents is 1. The molecule has 1 atom stereocenters. The Morgan fingerprint density at radius 3 is 2.26 bits per heavy atom. The van der Waals surface area contributed by atoms with Gasteiger partial charge >= 0.3 is 5.97 Å². The molecule has 27 heavy (non-hydrogen) atoms. The summed E-state index contributed by atoms with van der Waals surface area (Å²) in [5.74, 6) is -1.45. The Morgan fingerprint density at radius 1 is 1.33 bits per heavy atom. The number of rotatable bonds is 7. The summed E-state index contributed by atoms with van der Waals surface area (Å²) in [6.45, 7) is 3.47. The molecule has 0 amide bonds. The highest BCUT2D eigenvalue weighted by Gasteiger charge is 2.28. The van der Waals surface area contributed by atoms with Crippen LogP contribution in [0.25, 0.3) is 0 Å². The number of carboxylic acids is 1. The smallest absolute Gasteiger partial charge is 0.334 e. The molecule has 0 saturated carbocycles. The fourth-order valence-electron chi connectivity index (χ4n) is 1.88. The van der Waals surface area contributed by atoms with Crippen molar-refractivity contribution in [2.24, 2.45) is 13.0 Å². The van der Waals surface area contributed by atoms with E-state index in [4.69, 9.17) is 9.29 Å². The van der Waals surface area contributed by atoms with E-state index in [1.54, 1.807) is 26.4 Å². The topological polar surface area (TPSA) is 142 Å². The number of carboxylic acid groups (broad SMARTS) is 1. The van der Waals surface area contributed by atoms with E-state index >= 15 is 0 Å². The second kappa shape index (κ2) is 9.78. The molecule has 148 valence electrons. The number of nitro groups is 1. The molecule has 0 fully saturated rings. The minimum absolute atomic E-state index is 0.0293. The SMILES string of the molecule is CC(C)CC(OS(=O)(=O)c1ccc([N+](=O)[O-])cc1)C(=O)O.Cn1ccnc1. The molecule has 11 heteroatoms. The van der Waals surface area contributed by atoms with Crippen molar-refractivity contribution >= 4 is 21.8 Å². The first-order chi connectivity index (χ1) is 12.5. The average molecular weight is 399 g/mol. The predicted octanol–water partition coefficient (Wildman–Crippen LogP) is 2.22. The van der Waals surface area contributed by atoms with Crippen molar-refractivity contribution in [2.45, 2.75) is 31.3 Å². The van der Waals surface area contributed by atoms with E-state index in [1.165, 1.54) is 0 Å². The molecule has 1 aromatic heterocycles. The van der Waals surface area contributed by atoms with Gasteiger partial charge in [0.25, 0.3) is 15.8 Å². The molecule has 0 bridgehead atoms. The fourth-order valence-corrected chi connectivity index (χ4v) is 2.93. The van der Waals surface area contributed by atoms with Gasteiger partial charge in [0.15, 0.2) is 6.10 Å². The van der Waals surface area contributed by atoms with Crippen LogP contribution in [0, 0.1) is 16.0 Å². The van der Waals surface area contributed by atoms with Gasteiger partial charge < -0.3 is 9.67 Å². The Morgan fingerprint density at radius 2 is 1.93 bits per heavy atom. The first kappa shape index (κ1) is 22.3. The Bertz CT molecular complexity index is 847. The normalized spacial score (nSPS) is 12.1. The summed E-state index contributed by atoms with van der Waals surface area (Å²) >= 11 is 0. The number of hydrogen-bond acceptors (Lipinski definition) is 7. The summed E-state index contributed by atoms with van der Waals surface area (Å²) in [5.41, 5.74) is -0.272. The van der Waals surface area contributed by atoms with Crippen LogP contribution in [0.2, 0.25) is 0 Å². The number of aliphatic carboxylic acids is 1. The molecule has 1 unspecified atom stereocenters. The molecule has 0 aliphatic carbocycles. The Hall–Kier alpha value is -2.79. The van der Waals surface area contributed by atoms with Gasteiger partial charge in [-0.1, -0.05) is 13.8 Å². The van der Waals surface area contributed by atoms with Crippen LogP contribution in [0.3, 0.4) is 0 Å². The van der Waals surface area contributed by atoms with Gasteiger partial charge in [0.1, 0.15) is 0 Å². The van der Waals surface area contributed by atoms with Gasteiger partial charge in [-0.3, -0.25) is 14.3 Å². The molecular formula is C16H21N3O7S. The van der Waals surface area contributed by atoms with Gasteiger partial charge in [-0.2, -0.15) is 8.42 Å². The van der Waals surface area contributed by atoms with E-state index in [9.17, 15) is 23.3 Å². The molecule has 1 heterocycles. The molecule has 0 radical (unpaired) electrons. The van der Waals surface area contributed by atoms with E-state index in [0.717, 1.165) is 24.3 Å². The molecule has 2 aromatic rings. The molecular weight excluding hydrogens is 378 g/mol. The molecule has 0 aliphatic heterocycles. The minimum atomic E-state index is -4.30. The third-order valence-electron chi connectivity index (χ3n) is 3.18. The first-order valence-corrected chi connectivity index (χ1v) is 9.26. The van der Waals surface area contributed by atoms with Crippen molar-refractivity contribution in [1.82, 2.24) is 9.55 Å². The molecule has 0 saturated heterocycles. The van der Waals surface area contributed by atoms with Gasteiger partial charge in [0.05, 0.1) is 16.1 Å². The van der Waals surface area contributed by atoms with Crippen LogP contribution in [-0.2, 0) is 26.1 Å². The van der Waals surface area contributed by atoms with Gasteiger partial charge in [0, 0.05) is 31.6 Å². The maximum Gasteiger partial charge on any atom is 0.334 e. The van der Waals surface area contributed by atoms with Gasteiger partial charge in [0.2, 0.25) is 0 Å². The van der Waals surface area contributed by atoms with Crippen molar-refractivity contribution in [1.29, 1.82) is 0 Å². The quantitative estimate of drug-likeness (QED) is 0.424. The van der Waals surface area contributed by atoms with E-state index < -0.39 is 27.1 Å². The summed E-state index contributed by atoms with van der Waals surface area (Å²) in [7, 11) is -2.36. The highest BCUT2D eigenvalue weighted by atomic mass is 32.2. The zero-order chi connectivity index (χ0) is 20.6. The molecule has 10 nitrogen and oxygen atoms in total. The van der Waals surface area contributed by atoms with Gasteiger partial charge in [-0.25, -0.2) is 9.78 Å². The fraction of sp³-hybridized carbons (Fsp3) is 0.375. The predicted molar refractivity (Wildman–Crippen MR) is 95.5 cm³/mol. The van der Waals surface area contributed by atoms with Gasteiger partial charge in [-0.05, 0) is 24.5 Å². The number of imidazole rings is 1. The van der Waals surface area contributed by atoms with Crippen molar-refractivity contribution in [3.8, 4) is 0 Å². The largest absolute Gasteiger partial charge is 0.479 e. The summed E-state index contributed by atoms with van der Waals surface area (Å²) < 4.78 is 30.5. The van der Waals surface area contributed by atoms with E-state index in [2.05, 4.69) is 4.98 Å². The number of non-ortho nitro benzene ring substituents is 1. The number of aromatic nitrogens is 2. The van der Waals surface area contributed by atoms with Crippen molar-refractivity contribution in [3.63, 3.8) is 0 Å². The van der Waals surface area contributed by atoms with Gasteiger partial charge in [-0.15, -0.1) is 0 Å². The van der Waals surface area contributed by atoms with Crippen molar-refractivity contribution in [2.75, 3.05) is 0 Å². The lowest BCUT2D eigenvalue weighted by atomic mass is 10.1. The third-order valence-corrected chi connectivity index (χ3v) is 4.51. The lowest BCUT2D eigenvalue weighted by molar-refractivity contribution is -0.384. The van der Waals surface area contributed by atoms with Crippen LogP contribution in [0.1, 0.15) is 20.3 Å². The summed E-state index contributed by atoms with van der Waals surface area (Å²) in [6, 6.07) is 4.02. The van der Waals surface area contributed by atoms with E-state index in [0.29, 0.717) is 0 Å². The molecule has 0 aliphatic rings. The van der Waals surface area contributed by atoms with Crippen LogP contribution in [0.15, 0.2) is 47.9 Å².